The van der Waals surface area contributed by atoms with Crippen molar-refractivity contribution in [2.24, 2.45) is 0 Å². The topological polar surface area (TPSA) is 26.3 Å². The van der Waals surface area contributed by atoms with Crippen LogP contribution in [0.15, 0.2) is 24.8 Å². The Bertz CT molecular complexity index is 127. The van der Waals surface area contributed by atoms with Gasteiger partial charge in [0, 0.05) is 13.5 Å². The number of carbonyl (C=O) groups excluding carboxylic acids is 1. The van der Waals surface area contributed by atoms with E-state index >= 15 is 0 Å². The van der Waals surface area contributed by atoms with Gasteiger partial charge in [0.2, 0.25) is 0 Å². The van der Waals surface area contributed by atoms with Gasteiger partial charge in [0.25, 0.3) is 0 Å². The molecular weight excluding hydrogens is 128 g/mol. The molecule has 0 aromatic carbocycles. The van der Waals surface area contributed by atoms with Gasteiger partial charge in [0.1, 0.15) is 6.29 Å². The smallest absolute Gasteiger partial charge is 0.122 e. The third-order valence-electron chi connectivity index (χ3n) is 1.09. The van der Waals surface area contributed by atoms with E-state index in [1.807, 2.05) is 0 Å². The number of ether oxygens (including phenoxy) is 1. The average Bonchev–Trinajstić information content (AvgIpc) is 1.98. The first-order chi connectivity index (χ1) is 4.85. The summed E-state index contributed by atoms with van der Waals surface area (Å²) in [5, 5.41) is 0. The van der Waals surface area contributed by atoms with Crippen molar-refractivity contribution in [2.75, 3.05) is 7.11 Å². The largest absolute Gasteiger partial charge is 0.377 e. The summed E-state index contributed by atoms with van der Waals surface area (Å²) in [6.07, 6.45) is 6.34. The van der Waals surface area contributed by atoms with Crippen LogP contribution >= 0.6 is 0 Å². The second-order valence-electron chi connectivity index (χ2n) is 1.80. The standard InChI is InChI=1S/C8H12O2/c1-3-4-5-8(10-2)6-7-9/h3-5,7-8H,1,6H2,2H3/b5-4+. The number of rotatable bonds is 5. The maximum atomic E-state index is 10.00. The lowest BCUT2D eigenvalue weighted by Crippen LogP contribution is -2.06. The summed E-state index contributed by atoms with van der Waals surface area (Å²) >= 11 is 0. The molecular formula is C8H12O2. The second-order valence-corrected chi connectivity index (χ2v) is 1.80. The molecule has 0 saturated carbocycles. The van der Waals surface area contributed by atoms with Crippen molar-refractivity contribution in [3.05, 3.63) is 24.8 Å². The minimum absolute atomic E-state index is 0.101. The van der Waals surface area contributed by atoms with Crippen molar-refractivity contribution < 1.29 is 9.53 Å². The lowest BCUT2D eigenvalue weighted by atomic mass is 10.2. The lowest BCUT2D eigenvalue weighted by Gasteiger charge is -2.04. The number of carbonyl (C=O) groups is 1. The normalized spacial score (nSPS) is 13.3. The van der Waals surface area contributed by atoms with Crippen LogP contribution in [-0.2, 0) is 9.53 Å². The van der Waals surface area contributed by atoms with Crippen molar-refractivity contribution in [3.8, 4) is 0 Å². The first-order valence-electron chi connectivity index (χ1n) is 3.10. The third kappa shape index (κ3) is 4.04. The fourth-order valence-electron chi connectivity index (χ4n) is 0.551. The molecule has 0 heterocycles. The molecule has 0 aliphatic heterocycles. The van der Waals surface area contributed by atoms with E-state index in [0.717, 1.165) is 6.29 Å². The Morgan fingerprint density at radius 3 is 2.80 bits per heavy atom. The zero-order valence-electron chi connectivity index (χ0n) is 6.12. The number of hydrogen-bond donors (Lipinski definition) is 0. The lowest BCUT2D eigenvalue weighted by molar-refractivity contribution is -0.109. The molecule has 2 heteroatoms. The van der Waals surface area contributed by atoms with Gasteiger partial charge in [0.15, 0.2) is 0 Å². The van der Waals surface area contributed by atoms with Gasteiger partial charge in [-0.15, -0.1) is 0 Å². The first-order valence-corrected chi connectivity index (χ1v) is 3.10. The highest BCUT2D eigenvalue weighted by Crippen LogP contribution is 1.95. The van der Waals surface area contributed by atoms with E-state index in [-0.39, 0.29) is 6.10 Å². The average molecular weight is 140 g/mol. The molecule has 56 valence electrons. The van der Waals surface area contributed by atoms with Crippen molar-refractivity contribution in [1.82, 2.24) is 0 Å². The van der Waals surface area contributed by atoms with Crippen LogP contribution in [-0.4, -0.2) is 19.5 Å². The fourth-order valence-corrected chi connectivity index (χ4v) is 0.551. The predicted octanol–water partition coefficient (Wildman–Crippen LogP) is 1.33. The summed E-state index contributed by atoms with van der Waals surface area (Å²) in [4.78, 5) is 10.00. The highest BCUT2D eigenvalue weighted by Gasteiger charge is 1.98. The molecule has 0 amide bonds. The van der Waals surface area contributed by atoms with Crippen molar-refractivity contribution in [3.63, 3.8) is 0 Å². The van der Waals surface area contributed by atoms with E-state index in [1.54, 1.807) is 25.3 Å². The van der Waals surface area contributed by atoms with Crippen LogP contribution < -0.4 is 0 Å². The van der Waals surface area contributed by atoms with Gasteiger partial charge < -0.3 is 9.53 Å². The highest BCUT2D eigenvalue weighted by atomic mass is 16.5. The van der Waals surface area contributed by atoms with Gasteiger partial charge >= 0.3 is 0 Å². The molecule has 0 bridgehead atoms. The minimum Gasteiger partial charge on any atom is -0.377 e. The van der Waals surface area contributed by atoms with Gasteiger partial charge in [0.05, 0.1) is 6.10 Å². The van der Waals surface area contributed by atoms with Crippen LogP contribution in [0.25, 0.3) is 0 Å². The Balaban J connectivity index is 3.68. The van der Waals surface area contributed by atoms with E-state index in [9.17, 15) is 4.79 Å². The Morgan fingerprint density at radius 1 is 1.70 bits per heavy atom. The molecule has 0 saturated heterocycles. The molecule has 0 aliphatic rings. The molecule has 1 atom stereocenters. The molecule has 0 fully saturated rings. The van der Waals surface area contributed by atoms with Crippen LogP contribution in [0.1, 0.15) is 6.42 Å². The molecule has 0 radical (unpaired) electrons. The quantitative estimate of drug-likeness (QED) is 0.425. The third-order valence-corrected chi connectivity index (χ3v) is 1.09. The molecule has 0 aromatic heterocycles. The number of allylic oxidation sites excluding steroid dienone is 2. The van der Waals surface area contributed by atoms with Gasteiger partial charge in [-0.1, -0.05) is 24.8 Å². The SMILES string of the molecule is C=C/C=C/C(CC=O)OC. The Morgan fingerprint density at radius 2 is 2.40 bits per heavy atom. The van der Waals surface area contributed by atoms with Crippen LogP contribution in [0, 0.1) is 0 Å². The molecule has 10 heavy (non-hydrogen) atoms. The molecule has 1 unspecified atom stereocenters. The highest BCUT2D eigenvalue weighted by molar-refractivity contribution is 5.50. The molecule has 0 aromatic rings. The number of aldehydes is 1. The molecule has 0 rings (SSSR count). The van der Waals surface area contributed by atoms with Crippen LogP contribution in [0.4, 0.5) is 0 Å². The summed E-state index contributed by atoms with van der Waals surface area (Å²) in [6, 6.07) is 0. The zero-order valence-corrected chi connectivity index (χ0v) is 6.12. The van der Waals surface area contributed by atoms with Crippen LogP contribution in [0.3, 0.4) is 0 Å². The Labute approximate surface area is 61.2 Å². The number of methoxy groups -OCH3 is 1. The summed E-state index contributed by atoms with van der Waals surface area (Å²) in [5.74, 6) is 0. The molecule has 0 aliphatic carbocycles. The number of hydrogen-bond acceptors (Lipinski definition) is 2. The van der Waals surface area contributed by atoms with E-state index in [2.05, 4.69) is 6.58 Å². The summed E-state index contributed by atoms with van der Waals surface area (Å²) in [7, 11) is 1.57. The molecule has 0 spiro atoms. The monoisotopic (exact) mass is 140 g/mol. The van der Waals surface area contributed by atoms with Crippen molar-refractivity contribution in [1.29, 1.82) is 0 Å². The molecule has 2 nitrogen and oxygen atoms in total. The van der Waals surface area contributed by atoms with Gasteiger partial charge in [-0.25, -0.2) is 0 Å². The minimum atomic E-state index is -0.101. The summed E-state index contributed by atoms with van der Waals surface area (Å²) < 4.78 is 4.93. The molecule has 0 N–H and O–H groups in total. The van der Waals surface area contributed by atoms with Crippen LogP contribution in [0.2, 0.25) is 0 Å². The van der Waals surface area contributed by atoms with E-state index < -0.39 is 0 Å². The van der Waals surface area contributed by atoms with Gasteiger partial charge in [-0.3, -0.25) is 0 Å². The van der Waals surface area contributed by atoms with Gasteiger partial charge in [-0.2, -0.15) is 0 Å². The summed E-state index contributed by atoms with van der Waals surface area (Å²) in [6.45, 7) is 3.50. The summed E-state index contributed by atoms with van der Waals surface area (Å²) in [5.41, 5.74) is 0. The van der Waals surface area contributed by atoms with Gasteiger partial charge in [-0.05, 0) is 0 Å². The van der Waals surface area contributed by atoms with E-state index in [4.69, 9.17) is 4.74 Å². The Hall–Kier alpha value is -0.890. The van der Waals surface area contributed by atoms with E-state index in [1.165, 1.54) is 0 Å². The van der Waals surface area contributed by atoms with Crippen molar-refractivity contribution in [2.45, 2.75) is 12.5 Å². The fraction of sp³-hybridized carbons (Fsp3) is 0.375. The predicted molar refractivity (Wildman–Crippen MR) is 40.8 cm³/mol. The second kappa shape index (κ2) is 6.23. The van der Waals surface area contributed by atoms with E-state index in [0.29, 0.717) is 6.42 Å². The Kier molecular flexibility index (Phi) is 5.68. The first kappa shape index (κ1) is 9.11. The zero-order chi connectivity index (χ0) is 7.82. The van der Waals surface area contributed by atoms with Crippen molar-refractivity contribution >= 4 is 6.29 Å². The maximum absolute atomic E-state index is 10.00. The van der Waals surface area contributed by atoms with Crippen LogP contribution in [0.5, 0.6) is 0 Å². The maximum Gasteiger partial charge on any atom is 0.122 e.